The molecular weight excluding hydrogens is 444 g/mol. The minimum atomic E-state index is -4.42. The molecule has 0 N–H and O–H groups in total. The number of thioether (sulfide) groups is 1. The summed E-state index contributed by atoms with van der Waals surface area (Å²) >= 11 is 3.62. The van der Waals surface area contributed by atoms with E-state index in [1.807, 2.05) is 17.4 Å². The van der Waals surface area contributed by atoms with Crippen molar-refractivity contribution < 1.29 is 26.5 Å². The summed E-state index contributed by atoms with van der Waals surface area (Å²) in [5.41, 5.74) is 2.47. The number of methoxy groups -OCH3 is 1. The lowest BCUT2D eigenvalue weighted by atomic mass is 10.3. The molecule has 0 aliphatic carbocycles. The molecular formula is C20H22N2O5S3. The van der Waals surface area contributed by atoms with E-state index < -0.39 is 10.4 Å². The van der Waals surface area contributed by atoms with Gasteiger partial charge in [0.05, 0.1) is 30.5 Å². The van der Waals surface area contributed by atoms with Crippen LogP contribution in [0.1, 0.15) is 11.9 Å². The molecule has 2 aromatic carbocycles. The van der Waals surface area contributed by atoms with E-state index in [0.29, 0.717) is 0 Å². The molecule has 0 atom stereocenters. The second-order valence-electron chi connectivity index (χ2n) is 6.26. The number of aryl methyl sites for hydroxylation is 1. The van der Waals surface area contributed by atoms with E-state index >= 15 is 0 Å². The lowest BCUT2D eigenvalue weighted by molar-refractivity contribution is -0.642. The number of anilines is 1. The minimum Gasteiger partial charge on any atom is -0.726 e. The van der Waals surface area contributed by atoms with Crippen molar-refractivity contribution in [2.75, 3.05) is 25.7 Å². The van der Waals surface area contributed by atoms with Gasteiger partial charge >= 0.3 is 0 Å². The summed E-state index contributed by atoms with van der Waals surface area (Å²) in [5, 5.41) is 2.48. The number of thiazole rings is 1. The number of benzene rings is 2. The average molecular weight is 467 g/mol. The minimum absolute atomic E-state index is 0.0914. The van der Waals surface area contributed by atoms with Crippen molar-refractivity contribution in [3.8, 4) is 5.75 Å². The van der Waals surface area contributed by atoms with Crippen LogP contribution in [0.3, 0.4) is 0 Å². The summed E-state index contributed by atoms with van der Waals surface area (Å²) in [6.45, 7) is 1.33. The molecule has 0 amide bonds. The van der Waals surface area contributed by atoms with Crippen LogP contribution in [0.25, 0.3) is 16.3 Å². The van der Waals surface area contributed by atoms with Gasteiger partial charge in [0.1, 0.15) is 17.5 Å². The third-order valence-electron chi connectivity index (χ3n) is 4.35. The number of rotatable bonds is 4. The Morgan fingerprint density at radius 3 is 2.57 bits per heavy atom. The fraction of sp³-hybridized carbons (Fsp3) is 0.250. The largest absolute Gasteiger partial charge is 0.726 e. The smallest absolute Gasteiger partial charge is 0.265 e. The summed E-state index contributed by atoms with van der Waals surface area (Å²) < 4.78 is 40.9. The molecule has 10 heteroatoms. The summed E-state index contributed by atoms with van der Waals surface area (Å²) in [5.74, 6) is 0.893. The van der Waals surface area contributed by atoms with Gasteiger partial charge in [-0.1, -0.05) is 35.2 Å². The molecule has 0 unspecified atom stereocenters. The standard InChI is InChI=1S/C18H17N2OS2.C2H6O4S/c1-19-13-6-4-5-7-15(13)22-17(19)11-18-20(2)14-10-12(21-3)8-9-16(14)23-18;1-2-6-7(3,4)5/h4-11H,1-3H3;2H2,1H3,(H,3,4,5)/q+1;/p-1. The van der Waals surface area contributed by atoms with Gasteiger partial charge in [0.25, 0.3) is 5.01 Å². The Kier molecular flexibility index (Phi) is 7.04. The molecule has 4 rings (SSSR count). The van der Waals surface area contributed by atoms with E-state index in [-0.39, 0.29) is 6.61 Å². The van der Waals surface area contributed by atoms with Crippen LogP contribution in [0.15, 0.2) is 52.4 Å². The molecule has 30 heavy (non-hydrogen) atoms. The highest BCUT2D eigenvalue weighted by Gasteiger charge is 2.25. The maximum Gasteiger partial charge on any atom is 0.265 e. The van der Waals surface area contributed by atoms with Crippen molar-refractivity contribution in [3.63, 3.8) is 0 Å². The number of aromatic nitrogens is 1. The molecule has 2 heterocycles. The zero-order valence-electron chi connectivity index (χ0n) is 17.0. The Bertz CT molecular complexity index is 1190. The van der Waals surface area contributed by atoms with Gasteiger partial charge in [0, 0.05) is 24.1 Å². The Morgan fingerprint density at radius 2 is 1.97 bits per heavy atom. The van der Waals surface area contributed by atoms with Crippen LogP contribution < -0.4 is 14.2 Å². The number of hydrogen-bond acceptors (Lipinski definition) is 8. The molecule has 1 aliphatic heterocycles. The number of para-hydroxylation sites is 1. The van der Waals surface area contributed by atoms with Crippen LogP contribution in [0.4, 0.5) is 5.69 Å². The Labute approximate surface area is 184 Å². The quantitative estimate of drug-likeness (QED) is 0.329. The summed E-state index contributed by atoms with van der Waals surface area (Å²) in [6.07, 6.45) is 2.27. The van der Waals surface area contributed by atoms with Crippen LogP contribution in [0.2, 0.25) is 0 Å². The monoisotopic (exact) mass is 466 g/mol. The van der Waals surface area contributed by atoms with Gasteiger partial charge in [-0.3, -0.25) is 4.18 Å². The van der Waals surface area contributed by atoms with Gasteiger partial charge < -0.3 is 14.2 Å². The van der Waals surface area contributed by atoms with Gasteiger partial charge in [-0.05, 0) is 25.1 Å². The molecule has 160 valence electrons. The average Bonchev–Trinajstić information content (AvgIpc) is 3.19. The van der Waals surface area contributed by atoms with Crippen molar-refractivity contribution in [2.45, 2.75) is 11.8 Å². The first-order valence-corrected chi connectivity index (χ1v) is 12.0. The van der Waals surface area contributed by atoms with E-state index in [0.717, 1.165) is 5.75 Å². The SMILES string of the molecule is CCOS(=O)(=O)[O-].COc1ccc2c(c1)N(C)/C(=C\c1sc3ccccc3[n+]1C)S2. The van der Waals surface area contributed by atoms with E-state index in [4.69, 9.17) is 4.74 Å². The highest BCUT2D eigenvalue weighted by molar-refractivity contribution is 8.03. The summed E-state index contributed by atoms with van der Waals surface area (Å²) in [7, 11) is 1.52. The molecule has 1 aromatic heterocycles. The molecule has 1 aliphatic rings. The van der Waals surface area contributed by atoms with E-state index in [1.165, 1.54) is 37.8 Å². The first kappa shape index (κ1) is 22.6. The number of nitrogens with zero attached hydrogens (tertiary/aromatic N) is 2. The van der Waals surface area contributed by atoms with Crippen LogP contribution in [0, 0.1) is 0 Å². The van der Waals surface area contributed by atoms with Crippen molar-refractivity contribution >= 4 is 55.5 Å². The second-order valence-corrected chi connectivity index (χ2v) is 9.44. The van der Waals surface area contributed by atoms with Crippen LogP contribution in [0.5, 0.6) is 5.75 Å². The normalized spacial score (nSPS) is 14.6. The van der Waals surface area contributed by atoms with Crippen molar-refractivity contribution in [1.82, 2.24) is 0 Å². The summed E-state index contributed by atoms with van der Waals surface area (Å²) in [6, 6.07) is 14.8. The molecule has 0 fully saturated rings. The predicted octanol–water partition coefficient (Wildman–Crippen LogP) is 3.76. The van der Waals surface area contributed by atoms with Gasteiger partial charge in [-0.2, -0.15) is 4.57 Å². The highest BCUT2D eigenvalue weighted by atomic mass is 32.3. The molecule has 0 bridgehead atoms. The van der Waals surface area contributed by atoms with Gasteiger partial charge in [-0.15, -0.1) is 0 Å². The van der Waals surface area contributed by atoms with Gasteiger partial charge in [0.2, 0.25) is 15.9 Å². The Hall–Kier alpha value is -2.11. The van der Waals surface area contributed by atoms with Gasteiger partial charge in [-0.25, -0.2) is 8.42 Å². The van der Waals surface area contributed by atoms with Crippen molar-refractivity contribution in [2.24, 2.45) is 7.05 Å². The third-order valence-corrected chi connectivity index (χ3v) is 7.21. The fourth-order valence-corrected chi connectivity index (χ4v) is 5.41. The second kappa shape index (κ2) is 9.36. The molecule has 0 saturated heterocycles. The lowest BCUT2D eigenvalue weighted by Crippen LogP contribution is -2.29. The Morgan fingerprint density at radius 1 is 1.23 bits per heavy atom. The third kappa shape index (κ3) is 5.13. The number of ether oxygens (including phenoxy) is 1. The number of hydrogen-bond donors (Lipinski definition) is 0. The molecule has 0 radical (unpaired) electrons. The molecule has 0 spiro atoms. The zero-order chi connectivity index (χ0) is 21.9. The van der Waals surface area contributed by atoms with Crippen molar-refractivity contribution in [3.05, 3.63) is 52.5 Å². The maximum absolute atomic E-state index is 9.45. The highest BCUT2D eigenvalue weighted by Crippen LogP contribution is 2.47. The van der Waals surface area contributed by atoms with E-state index in [1.54, 1.807) is 18.9 Å². The first-order valence-electron chi connectivity index (χ1n) is 9.02. The van der Waals surface area contributed by atoms with Crippen LogP contribution >= 0.6 is 23.1 Å². The number of fused-ring (bicyclic) bond motifs is 2. The molecule has 3 aromatic rings. The van der Waals surface area contributed by atoms with Crippen LogP contribution in [-0.4, -0.2) is 33.7 Å². The molecule has 7 nitrogen and oxygen atoms in total. The predicted molar refractivity (Wildman–Crippen MR) is 120 cm³/mol. The Balaban J connectivity index is 0.000000318. The topological polar surface area (TPSA) is 82.8 Å². The first-order chi connectivity index (χ1) is 14.2. The maximum atomic E-state index is 9.45. The van der Waals surface area contributed by atoms with E-state index in [9.17, 15) is 13.0 Å². The van der Waals surface area contributed by atoms with Crippen molar-refractivity contribution in [1.29, 1.82) is 0 Å². The lowest BCUT2D eigenvalue weighted by Gasteiger charge is -2.13. The van der Waals surface area contributed by atoms with Gasteiger partial charge in [0.15, 0.2) is 0 Å². The van der Waals surface area contributed by atoms with Crippen LogP contribution in [-0.2, 0) is 21.6 Å². The van der Waals surface area contributed by atoms with E-state index in [2.05, 4.69) is 70.2 Å². The fourth-order valence-electron chi connectivity index (χ4n) is 2.90. The zero-order valence-corrected chi connectivity index (χ0v) is 19.4. The molecule has 0 saturated carbocycles. The summed E-state index contributed by atoms with van der Waals surface area (Å²) in [4.78, 5) is 3.50.